The van der Waals surface area contributed by atoms with Gasteiger partial charge in [-0.05, 0) is 26.3 Å². The highest BCUT2D eigenvalue weighted by Gasteiger charge is 2.04. The minimum absolute atomic E-state index is 0.213. The van der Waals surface area contributed by atoms with Gasteiger partial charge in [-0.15, -0.1) is 0 Å². The van der Waals surface area contributed by atoms with Gasteiger partial charge in [0, 0.05) is 18.8 Å². The number of aromatic nitrogens is 4. The summed E-state index contributed by atoms with van der Waals surface area (Å²) < 4.78 is 1.99. The maximum absolute atomic E-state index is 5.96. The van der Waals surface area contributed by atoms with E-state index in [1.54, 1.807) is 0 Å². The average molecular weight is 281 g/mol. The minimum atomic E-state index is 0.213. The Morgan fingerprint density at radius 1 is 1.42 bits per heavy atom. The Morgan fingerprint density at radius 2 is 2.21 bits per heavy atom. The number of nitrogens with one attached hydrogen (secondary N) is 1. The molecule has 0 saturated heterocycles. The van der Waals surface area contributed by atoms with Crippen LogP contribution in [0.15, 0.2) is 12.3 Å². The van der Waals surface area contributed by atoms with Crippen LogP contribution in [0.2, 0.25) is 5.02 Å². The van der Waals surface area contributed by atoms with Crippen molar-refractivity contribution in [1.82, 2.24) is 19.7 Å². The molecule has 2 heterocycles. The van der Waals surface area contributed by atoms with Crippen molar-refractivity contribution in [2.75, 3.05) is 17.6 Å². The van der Waals surface area contributed by atoms with Gasteiger partial charge in [0.15, 0.2) is 0 Å². The highest BCUT2D eigenvalue weighted by molar-refractivity contribution is 6.32. The highest BCUT2D eigenvalue weighted by atomic mass is 35.5. The number of halogens is 1. The van der Waals surface area contributed by atoms with E-state index in [4.69, 9.17) is 17.3 Å². The molecule has 102 valence electrons. The second-order valence-corrected chi connectivity index (χ2v) is 4.76. The van der Waals surface area contributed by atoms with Crippen molar-refractivity contribution in [2.45, 2.75) is 26.8 Å². The fourth-order valence-electron chi connectivity index (χ4n) is 1.84. The summed E-state index contributed by atoms with van der Waals surface area (Å²) in [5, 5.41) is 8.02. The predicted octanol–water partition coefficient (Wildman–Crippen LogP) is 2.03. The zero-order valence-corrected chi connectivity index (χ0v) is 11.8. The highest BCUT2D eigenvalue weighted by Crippen LogP contribution is 2.18. The average Bonchev–Trinajstić information content (AvgIpc) is 2.67. The van der Waals surface area contributed by atoms with Gasteiger partial charge < -0.3 is 11.1 Å². The Balaban J connectivity index is 1.84. The van der Waals surface area contributed by atoms with E-state index in [0.717, 1.165) is 25.2 Å². The molecule has 7 heteroatoms. The van der Waals surface area contributed by atoms with Crippen LogP contribution in [-0.2, 0) is 6.54 Å². The van der Waals surface area contributed by atoms with Crippen molar-refractivity contribution in [2.24, 2.45) is 0 Å². The van der Waals surface area contributed by atoms with Gasteiger partial charge in [-0.1, -0.05) is 11.6 Å². The van der Waals surface area contributed by atoms with E-state index in [-0.39, 0.29) is 5.95 Å². The molecule has 2 aromatic heterocycles. The number of hydrogen-bond donors (Lipinski definition) is 2. The van der Waals surface area contributed by atoms with Crippen molar-refractivity contribution in [1.29, 1.82) is 0 Å². The zero-order valence-electron chi connectivity index (χ0n) is 11.0. The number of nitrogen functional groups attached to an aromatic ring is 1. The van der Waals surface area contributed by atoms with E-state index < -0.39 is 0 Å². The van der Waals surface area contributed by atoms with Gasteiger partial charge in [-0.2, -0.15) is 10.1 Å². The monoisotopic (exact) mass is 280 g/mol. The van der Waals surface area contributed by atoms with E-state index in [1.807, 2.05) is 11.6 Å². The maximum atomic E-state index is 5.96. The summed E-state index contributed by atoms with van der Waals surface area (Å²) in [5.41, 5.74) is 7.72. The Bertz CT molecular complexity index is 565. The van der Waals surface area contributed by atoms with E-state index in [2.05, 4.69) is 33.4 Å². The van der Waals surface area contributed by atoms with Gasteiger partial charge >= 0.3 is 0 Å². The number of nitrogens with two attached hydrogens (primary N) is 1. The van der Waals surface area contributed by atoms with Crippen LogP contribution in [0.5, 0.6) is 0 Å². The Hall–Kier alpha value is -1.82. The van der Waals surface area contributed by atoms with Gasteiger partial charge in [-0.25, -0.2) is 4.98 Å². The van der Waals surface area contributed by atoms with E-state index in [9.17, 15) is 0 Å². The topological polar surface area (TPSA) is 81.7 Å². The van der Waals surface area contributed by atoms with E-state index >= 15 is 0 Å². The molecule has 0 atom stereocenters. The number of anilines is 2. The number of aryl methyl sites for hydroxylation is 3. The lowest BCUT2D eigenvalue weighted by atomic mass is 10.4. The van der Waals surface area contributed by atoms with E-state index in [1.165, 1.54) is 11.9 Å². The first kappa shape index (κ1) is 13.6. The van der Waals surface area contributed by atoms with Crippen LogP contribution in [0.4, 0.5) is 11.8 Å². The SMILES string of the molecule is Cc1cc(C)n(CCCNc2nc(N)ncc2Cl)n1. The molecular formula is C12H17ClN6. The molecule has 2 aromatic rings. The quantitative estimate of drug-likeness (QED) is 0.819. The molecule has 3 N–H and O–H groups in total. The zero-order chi connectivity index (χ0) is 13.8. The van der Waals surface area contributed by atoms with Crippen molar-refractivity contribution >= 4 is 23.4 Å². The summed E-state index contributed by atoms with van der Waals surface area (Å²) >= 11 is 5.96. The lowest BCUT2D eigenvalue weighted by Crippen LogP contribution is -2.10. The molecule has 0 aromatic carbocycles. The molecule has 0 unspecified atom stereocenters. The van der Waals surface area contributed by atoms with Crippen LogP contribution >= 0.6 is 11.6 Å². The molecule has 0 aliphatic carbocycles. The Labute approximate surface area is 117 Å². The first-order valence-electron chi connectivity index (χ1n) is 6.09. The third-order valence-corrected chi connectivity index (χ3v) is 2.98. The van der Waals surface area contributed by atoms with Crippen molar-refractivity contribution in [3.05, 3.63) is 28.7 Å². The van der Waals surface area contributed by atoms with Crippen molar-refractivity contribution in [3.63, 3.8) is 0 Å². The molecule has 0 fully saturated rings. The standard InChI is InChI=1S/C12H17ClN6/c1-8-6-9(2)19(18-8)5-3-4-15-11-10(13)7-16-12(14)17-11/h6-7H,3-5H2,1-2H3,(H3,14,15,16,17). The number of nitrogens with zero attached hydrogens (tertiary/aromatic N) is 4. The van der Waals surface area contributed by atoms with Crippen molar-refractivity contribution < 1.29 is 0 Å². The number of hydrogen-bond acceptors (Lipinski definition) is 5. The molecule has 0 amide bonds. The molecule has 0 spiro atoms. The minimum Gasteiger partial charge on any atom is -0.369 e. The van der Waals surface area contributed by atoms with Crippen LogP contribution in [0.3, 0.4) is 0 Å². The second kappa shape index (κ2) is 5.88. The van der Waals surface area contributed by atoms with Gasteiger partial charge in [0.25, 0.3) is 0 Å². The normalized spacial score (nSPS) is 10.7. The summed E-state index contributed by atoms with van der Waals surface area (Å²) in [5.74, 6) is 0.785. The first-order valence-corrected chi connectivity index (χ1v) is 6.47. The fraction of sp³-hybridized carbons (Fsp3) is 0.417. The lowest BCUT2D eigenvalue weighted by Gasteiger charge is -2.08. The molecule has 2 rings (SSSR count). The Kier molecular flexibility index (Phi) is 4.21. The molecule has 19 heavy (non-hydrogen) atoms. The largest absolute Gasteiger partial charge is 0.369 e. The van der Waals surface area contributed by atoms with Gasteiger partial charge in [0.1, 0.15) is 10.8 Å². The van der Waals surface area contributed by atoms with Gasteiger partial charge in [0.05, 0.1) is 11.9 Å². The third-order valence-electron chi connectivity index (χ3n) is 2.71. The van der Waals surface area contributed by atoms with Crippen LogP contribution in [-0.4, -0.2) is 26.3 Å². The Morgan fingerprint density at radius 3 is 2.89 bits per heavy atom. The molecule has 0 saturated carbocycles. The molecule has 0 radical (unpaired) electrons. The summed E-state index contributed by atoms with van der Waals surface area (Å²) in [4.78, 5) is 7.85. The lowest BCUT2D eigenvalue weighted by molar-refractivity contribution is 0.573. The number of rotatable bonds is 5. The second-order valence-electron chi connectivity index (χ2n) is 4.36. The van der Waals surface area contributed by atoms with Crippen molar-refractivity contribution in [3.8, 4) is 0 Å². The third kappa shape index (κ3) is 3.57. The molecule has 0 bridgehead atoms. The molecule has 0 aliphatic heterocycles. The van der Waals surface area contributed by atoms with E-state index in [0.29, 0.717) is 10.8 Å². The van der Waals surface area contributed by atoms with Crippen LogP contribution in [0.25, 0.3) is 0 Å². The molecule has 6 nitrogen and oxygen atoms in total. The first-order chi connectivity index (χ1) is 9.06. The summed E-state index contributed by atoms with van der Waals surface area (Å²) in [6, 6.07) is 2.06. The predicted molar refractivity (Wildman–Crippen MR) is 76.3 cm³/mol. The summed E-state index contributed by atoms with van der Waals surface area (Å²) in [6.45, 7) is 5.64. The van der Waals surface area contributed by atoms with Gasteiger partial charge in [0.2, 0.25) is 5.95 Å². The van der Waals surface area contributed by atoms with Gasteiger partial charge in [-0.3, -0.25) is 4.68 Å². The molecule has 0 aliphatic rings. The summed E-state index contributed by atoms with van der Waals surface area (Å²) in [6.07, 6.45) is 2.41. The maximum Gasteiger partial charge on any atom is 0.222 e. The molecular weight excluding hydrogens is 264 g/mol. The van der Waals surface area contributed by atoms with Crippen LogP contribution < -0.4 is 11.1 Å². The van der Waals surface area contributed by atoms with Crippen LogP contribution in [0.1, 0.15) is 17.8 Å². The van der Waals surface area contributed by atoms with Crippen LogP contribution in [0, 0.1) is 13.8 Å². The smallest absolute Gasteiger partial charge is 0.222 e. The summed E-state index contributed by atoms with van der Waals surface area (Å²) in [7, 11) is 0. The fourth-order valence-corrected chi connectivity index (χ4v) is 2.00.